The molecule has 2 heterocycles. The maximum absolute atomic E-state index is 12.8. The van der Waals surface area contributed by atoms with Crippen LogP contribution in [0.3, 0.4) is 0 Å². The number of nitrogens with zero attached hydrogens (tertiary/aromatic N) is 3. The third kappa shape index (κ3) is 4.01. The van der Waals surface area contributed by atoms with E-state index in [0.29, 0.717) is 23.9 Å². The topological polar surface area (TPSA) is 89.7 Å². The normalized spacial score (nSPS) is 15.9. The Hall–Kier alpha value is -3.55. The van der Waals surface area contributed by atoms with Crippen LogP contribution in [0.5, 0.6) is 11.5 Å². The molecule has 2 amide bonds. The first kappa shape index (κ1) is 18.8. The van der Waals surface area contributed by atoms with Gasteiger partial charge in [-0.15, -0.1) is 0 Å². The van der Waals surface area contributed by atoms with E-state index in [2.05, 4.69) is 15.5 Å². The second-order valence-corrected chi connectivity index (χ2v) is 6.69. The van der Waals surface area contributed by atoms with Crippen LogP contribution in [-0.4, -0.2) is 41.8 Å². The number of carbonyl (C=O) groups is 1. The summed E-state index contributed by atoms with van der Waals surface area (Å²) in [5.41, 5.74) is 1.53. The largest absolute Gasteiger partial charge is 0.497 e. The van der Waals surface area contributed by atoms with Gasteiger partial charge in [0.15, 0.2) is 0 Å². The van der Waals surface area contributed by atoms with Gasteiger partial charge in [-0.3, -0.25) is 0 Å². The molecule has 0 saturated carbocycles. The first-order chi connectivity index (χ1) is 14.2. The standard InChI is InChI=1S/C21H22N4O4/c1-27-16-9-5-14(6-10-16)19-23-20(29-24-19)18-4-3-13-25(18)21(26)22-15-7-11-17(28-2)12-8-15/h5-12,18H,3-4,13H2,1-2H3,(H,22,26). The maximum Gasteiger partial charge on any atom is 0.322 e. The second-order valence-electron chi connectivity index (χ2n) is 6.69. The number of rotatable bonds is 5. The molecule has 1 aliphatic rings. The number of methoxy groups -OCH3 is 2. The zero-order valence-electron chi connectivity index (χ0n) is 16.3. The van der Waals surface area contributed by atoms with E-state index in [4.69, 9.17) is 14.0 Å². The smallest absolute Gasteiger partial charge is 0.322 e. The molecule has 0 radical (unpaired) electrons. The number of nitrogens with one attached hydrogen (secondary N) is 1. The highest BCUT2D eigenvalue weighted by Gasteiger charge is 2.34. The molecular weight excluding hydrogens is 372 g/mol. The fourth-order valence-corrected chi connectivity index (χ4v) is 3.36. The lowest BCUT2D eigenvalue weighted by atomic mass is 10.2. The zero-order valence-corrected chi connectivity index (χ0v) is 16.3. The van der Waals surface area contributed by atoms with Crippen molar-refractivity contribution in [3.8, 4) is 22.9 Å². The Kier molecular flexibility index (Phi) is 5.33. The zero-order chi connectivity index (χ0) is 20.2. The number of carbonyl (C=O) groups excluding carboxylic acids is 1. The van der Waals surface area contributed by atoms with Crippen LogP contribution in [-0.2, 0) is 0 Å². The Balaban J connectivity index is 1.47. The Morgan fingerprint density at radius 2 is 1.72 bits per heavy atom. The third-order valence-electron chi connectivity index (χ3n) is 4.93. The van der Waals surface area contributed by atoms with E-state index in [1.165, 1.54) is 0 Å². The third-order valence-corrected chi connectivity index (χ3v) is 4.93. The van der Waals surface area contributed by atoms with Crippen molar-refractivity contribution in [2.24, 2.45) is 0 Å². The molecule has 1 aromatic heterocycles. The number of ether oxygens (including phenoxy) is 2. The predicted molar refractivity (Wildman–Crippen MR) is 107 cm³/mol. The van der Waals surface area contributed by atoms with Gasteiger partial charge in [-0.25, -0.2) is 4.79 Å². The van der Waals surface area contributed by atoms with Crippen molar-refractivity contribution in [2.45, 2.75) is 18.9 Å². The quantitative estimate of drug-likeness (QED) is 0.700. The molecular formula is C21H22N4O4. The van der Waals surface area contributed by atoms with E-state index in [-0.39, 0.29) is 12.1 Å². The number of hydrogen-bond donors (Lipinski definition) is 1. The molecule has 1 aliphatic heterocycles. The molecule has 0 bridgehead atoms. The highest BCUT2D eigenvalue weighted by atomic mass is 16.5. The maximum atomic E-state index is 12.8. The van der Waals surface area contributed by atoms with Crippen LogP contribution in [0.2, 0.25) is 0 Å². The van der Waals surface area contributed by atoms with Gasteiger partial charge in [0, 0.05) is 17.8 Å². The molecule has 1 unspecified atom stereocenters. The monoisotopic (exact) mass is 394 g/mol. The van der Waals surface area contributed by atoms with E-state index < -0.39 is 0 Å². The molecule has 8 nitrogen and oxygen atoms in total. The number of likely N-dealkylation sites (tertiary alicyclic amines) is 1. The van der Waals surface area contributed by atoms with Crippen molar-refractivity contribution in [3.63, 3.8) is 0 Å². The van der Waals surface area contributed by atoms with Gasteiger partial charge >= 0.3 is 6.03 Å². The fraction of sp³-hybridized carbons (Fsp3) is 0.286. The first-order valence-corrected chi connectivity index (χ1v) is 9.37. The van der Waals surface area contributed by atoms with Gasteiger partial charge in [-0.05, 0) is 61.4 Å². The Labute approximate surface area is 168 Å². The van der Waals surface area contributed by atoms with Crippen LogP contribution in [0, 0.1) is 0 Å². The van der Waals surface area contributed by atoms with Crippen molar-refractivity contribution in [1.29, 1.82) is 0 Å². The number of amides is 2. The van der Waals surface area contributed by atoms with Crippen molar-refractivity contribution in [2.75, 3.05) is 26.1 Å². The molecule has 0 aliphatic carbocycles. The Morgan fingerprint density at radius 3 is 2.38 bits per heavy atom. The second kappa shape index (κ2) is 8.22. The summed E-state index contributed by atoms with van der Waals surface area (Å²) in [4.78, 5) is 19.0. The van der Waals surface area contributed by atoms with Crippen molar-refractivity contribution in [1.82, 2.24) is 15.0 Å². The highest BCUT2D eigenvalue weighted by Crippen LogP contribution is 2.33. The average molecular weight is 394 g/mol. The highest BCUT2D eigenvalue weighted by molar-refractivity contribution is 5.89. The van der Waals surface area contributed by atoms with Gasteiger partial charge < -0.3 is 24.2 Å². The summed E-state index contributed by atoms with van der Waals surface area (Å²) in [7, 11) is 3.22. The average Bonchev–Trinajstić information content (AvgIpc) is 3.44. The molecule has 1 atom stereocenters. The first-order valence-electron chi connectivity index (χ1n) is 9.37. The predicted octanol–water partition coefficient (Wildman–Crippen LogP) is 4.12. The summed E-state index contributed by atoms with van der Waals surface area (Å²) in [6.45, 7) is 0.632. The number of urea groups is 1. The molecule has 1 saturated heterocycles. The summed E-state index contributed by atoms with van der Waals surface area (Å²) in [6, 6.07) is 14.2. The van der Waals surface area contributed by atoms with Crippen LogP contribution in [0.1, 0.15) is 24.8 Å². The minimum Gasteiger partial charge on any atom is -0.497 e. The number of aromatic nitrogens is 2. The minimum absolute atomic E-state index is 0.193. The van der Waals surface area contributed by atoms with Crippen molar-refractivity contribution >= 4 is 11.7 Å². The molecule has 0 spiro atoms. The van der Waals surface area contributed by atoms with Crippen LogP contribution in [0.15, 0.2) is 53.1 Å². The van der Waals surface area contributed by atoms with Gasteiger partial charge in [0.25, 0.3) is 0 Å². The summed E-state index contributed by atoms with van der Waals surface area (Å²) in [5, 5.41) is 7.00. The summed E-state index contributed by atoms with van der Waals surface area (Å²) in [6.07, 6.45) is 1.65. The lowest BCUT2D eigenvalue weighted by Gasteiger charge is -2.22. The van der Waals surface area contributed by atoms with Crippen LogP contribution < -0.4 is 14.8 Å². The lowest BCUT2D eigenvalue weighted by molar-refractivity contribution is 0.193. The number of benzene rings is 2. The molecule has 3 aromatic rings. The molecule has 29 heavy (non-hydrogen) atoms. The van der Waals surface area contributed by atoms with Crippen LogP contribution in [0.25, 0.3) is 11.4 Å². The SMILES string of the molecule is COc1ccc(NC(=O)N2CCCC2c2nc(-c3ccc(OC)cc3)no2)cc1. The summed E-state index contributed by atoms with van der Waals surface area (Å²) in [5.74, 6) is 2.43. The van der Waals surface area contributed by atoms with E-state index in [0.717, 1.165) is 29.9 Å². The molecule has 2 aromatic carbocycles. The fourth-order valence-electron chi connectivity index (χ4n) is 3.36. The van der Waals surface area contributed by atoms with Gasteiger partial charge in [-0.1, -0.05) is 5.16 Å². The van der Waals surface area contributed by atoms with Gasteiger partial charge in [-0.2, -0.15) is 4.98 Å². The van der Waals surface area contributed by atoms with Crippen LogP contribution >= 0.6 is 0 Å². The number of hydrogen-bond acceptors (Lipinski definition) is 6. The van der Waals surface area contributed by atoms with Crippen LogP contribution in [0.4, 0.5) is 10.5 Å². The number of anilines is 1. The minimum atomic E-state index is -0.243. The van der Waals surface area contributed by atoms with Crippen molar-refractivity contribution < 1.29 is 18.8 Å². The summed E-state index contributed by atoms with van der Waals surface area (Å²) < 4.78 is 15.8. The molecule has 4 rings (SSSR count). The lowest BCUT2D eigenvalue weighted by Crippen LogP contribution is -2.34. The Morgan fingerprint density at radius 1 is 1.07 bits per heavy atom. The summed E-state index contributed by atoms with van der Waals surface area (Å²) >= 11 is 0. The van der Waals surface area contributed by atoms with Gasteiger partial charge in [0.05, 0.1) is 14.2 Å². The van der Waals surface area contributed by atoms with E-state index in [1.54, 1.807) is 43.4 Å². The molecule has 1 fully saturated rings. The van der Waals surface area contributed by atoms with Crippen molar-refractivity contribution in [3.05, 3.63) is 54.4 Å². The molecule has 1 N–H and O–H groups in total. The Bertz CT molecular complexity index is 969. The molecule has 150 valence electrons. The molecule has 8 heteroatoms. The van der Waals surface area contributed by atoms with E-state index in [9.17, 15) is 4.79 Å². The van der Waals surface area contributed by atoms with Gasteiger partial charge in [0.2, 0.25) is 11.7 Å². The van der Waals surface area contributed by atoms with Gasteiger partial charge in [0.1, 0.15) is 17.5 Å². The van der Waals surface area contributed by atoms with E-state index in [1.807, 2.05) is 24.3 Å². The van der Waals surface area contributed by atoms with E-state index >= 15 is 0 Å².